The third-order valence-corrected chi connectivity index (χ3v) is 2.69. The smallest absolute Gasteiger partial charge is 0.248 e. The van der Waals surface area contributed by atoms with Crippen molar-refractivity contribution in [2.24, 2.45) is 5.73 Å². The molecule has 4 nitrogen and oxygen atoms in total. The van der Waals surface area contributed by atoms with E-state index in [1.807, 2.05) is 0 Å². The highest BCUT2D eigenvalue weighted by atomic mass is 35.5. The number of hydrogen-bond acceptors (Lipinski definition) is 3. The van der Waals surface area contributed by atoms with E-state index in [0.717, 1.165) is 5.56 Å². The molecule has 0 aliphatic carbocycles. The molecule has 0 radical (unpaired) electrons. The molecule has 6 heteroatoms. The summed E-state index contributed by atoms with van der Waals surface area (Å²) >= 11 is 11.8. The lowest BCUT2D eigenvalue weighted by Gasteiger charge is -2.17. The summed E-state index contributed by atoms with van der Waals surface area (Å²) in [6.45, 7) is 1.25. The fourth-order valence-electron chi connectivity index (χ4n) is 1.42. The summed E-state index contributed by atoms with van der Waals surface area (Å²) < 4.78 is 5.08. The van der Waals surface area contributed by atoms with Gasteiger partial charge in [0.1, 0.15) is 6.61 Å². The number of nitrogens with zero attached hydrogens (tertiary/aromatic N) is 1. The second-order valence-corrected chi connectivity index (χ2v) is 4.74. The van der Waals surface area contributed by atoms with Gasteiger partial charge in [-0.25, -0.2) is 0 Å². The number of likely N-dealkylation sites (N-methyl/N-ethyl adjacent to an activating group) is 1. The highest BCUT2D eigenvalue weighted by Crippen LogP contribution is 2.19. The zero-order valence-electron chi connectivity index (χ0n) is 10.2. The Labute approximate surface area is 117 Å². The fourth-order valence-corrected chi connectivity index (χ4v) is 1.99. The summed E-state index contributed by atoms with van der Waals surface area (Å²) in [7, 11) is 1.70. The van der Waals surface area contributed by atoms with Crippen LogP contribution in [0.3, 0.4) is 0 Å². The van der Waals surface area contributed by atoms with Gasteiger partial charge in [-0.2, -0.15) is 0 Å². The van der Waals surface area contributed by atoms with Crippen LogP contribution in [0.15, 0.2) is 18.2 Å². The summed E-state index contributed by atoms with van der Waals surface area (Å²) in [6, 6.07) is 5.20. The van der Waals surface area contributed by atoms with E-state index in [4.69, 9.17) is 33.7 Å². The van der Waals surface area contributed by atoms with Crippen LogP contribution in [0.5, 0.6) is 0 Å². The summed E-state index contributed by atoms with van der Waals surface area (Å²) in [5.74, 6) is -0.112. The molecule has 0 aliphatic rings. The van der Waals surface area contributed by atoms with Crippen molar-refractivity contribution in [1.82, 2.24) is 4.90 Å². The molecular formula is C12H16Cl2N2O2. The first-order valence-electron chi connectivity index (χ1n) is 5.49. The molecule has 0 bridgehead atoms. The molecule has 0 aromatic heterocycles. The van der Waals surface area contributed by atoms with Crippen LogP contribution in [-0.4, -0.2) is 37.6 Å². The minimum Gasteiger partial charge on any atom is -0.370 e. The van der Waals surface area contributed by atoms with Crippen molar-refractivity contribution in [2.45, 2.75) is 6.54 Å². The van der Waals surface area contributed by atoms with Crippen LogP contribution < -0.4 is 5.73 Å². The molecule has 1 aromatic rings. The molecule has 0 heterocycles. The molecule has 0 saturated carbocycles. The Morgan fingerprint density at radius 3 is 2.50 bits per heavy atom. The van der Waals surface area contributed by atoms with Gasteiger partial charge < -0.3 is 15.4 Å². The van der Waals surface area contributed by atoms with Crippen molar-refractivity contribution >= 4 is 29.1 Å². The van der Waals surface area contributed by atoms with Crippen LogP contribution in [0.2, 0.25) is 10.0 Å². The molecular weight excluding hydrogens is 275 g/mol. The predicted octanol–water partition coefficient (Wildman–Crippen LogP) is 1.93. The number of nitrogens with two attached hydrogens (primary N) is 1. The van der Waals surface area contributed by atoms with Gasteiger partial charge in [-0.15, -0.1) is 0 Å². The van der Waals surface area contributed by atoms with Crippen LogP contribution >= 0.6 is 23.2 Å². The minimum atomic E-state index is -0.112. The average molecular weight is 291 g/mol. The van der Waals surface area contributed by atoms with Crippen molar-refractivity contribution in [3.63, 3.8) is 0 Å². The molecule has 18 heavy (non-hydrogen) atoms. The number of ether oxygens (including phenoxy) is 1. The number of carbonyl (C=O) groups is 1. The largest absolute Gasteiger partial charge is 0.370 e. The average Bonchev–Trinajstić information content (AvgIpc) is 2.27. The zero-order chi connectivity index (χ0) is 13.5. The first kappa shape index (κ1) is 15.2. The third-order valence-electron chi connectivity index (χ3n) is 2.26. The van der Waals surface area contributed by atoms with Gasteiger partial charge in [0.05, 0.1) is 6.61 Å². The van der Waals surface area contributed by atoms with E-state index in [2.05, 4.69) is 0 Å². The lowest BCUT2D eigenvalue weighted by atomic mass is 10.2. The molecule has 0 saturated heterocycles. The molecule has 0 spiro atoms. The maximum absolute atomic E-state index is 11.7. The van der Waals surface area contributed by atoms with E-state index >= 15 is 0 Å². The Hall–Kier alpha value is -0.810. The molecule has 1 rings (SSSR count). The second-order valence-electron chi connectivity index (χ2n) is 3.87. The van der Waals surface area contributed by atoms with Crippen LogP contribution in [0.4, 0.5) is 0 Å². The van der Waals surface area contributed by atoms with Gasteiger partial charge in [0.2, 0.25) is 5.91 Å². The Morgan fingerprint density at radius 2 is 1.94 bits per heavy atom. The first-order valence-corrected chi connectivity index (χ1v) is 6.25. The monoisotopic (exact) mass is 290 g/mol. The van der Waals surface area contributed by atoms with Crippen molar-refractivity contribution < 1.29 is 9.53 Å². The maximum atomic E-state index is 11.7. The number of amides is 1. The quantitative estimate of drug-likeness (QED) is 0.815. The summed E-state index contributed by atoms with van der Waals surface area (Å²) in [5, 5.41) is 1.11. The molecule has 100 valence electrons. The van der Waals surface area contributed by atoms with Gasteiger partial charge in [0, 0.05) is 30.2 Å². The lowest BCUT2D eigenvalue weighted by molar-refractivity contribution is -0.135. The standard InChI is InChI=1S/C12H16Cl2N2O2/c1-16(12(17)8-18-3-2-15)7-9-4-10(13)6-11(14)5-9/h4-6H,2-3,7-8,15H2,1H3. The van der Waals surface area contributed by atoms with E-state index in [-0.39, 0.29) is 12.5 Å². The van der Waals surface area contributed by atoms with Crippen LogP contribution in [0.25, 0.3) is 0 Å². The van der Waals surface area contributed by atoms with E-state index in [0.29, 0.717) is 29.7 Å². The maximum Gasteiger partial charge on any atom is 0.248 e. The van der Waals surface area contributed by atoms with Crippen LogP contribution in [0.1, 0.15) is 5.56 Å². The molecule has 2 N–H and O–H groups in total. The Bertz CT molecular complexity index is 393. The van der Waals surface area contributed by atoms with Crippen molar-refractivity contribution in [3.8, 4) is 0 Å². The number of carbonyl (C=O) groups excluding carboxylic acids is 1. The molecule has 1 amide bonds. The lowest BCUT2D eigenvalue weighted by Crippen LogP contribution is -2.30. The van der Waals surface area contributed by atoms with Crippen molar-refractivity contribution in [3.05, 3.63) is 33.8 Å². The van der Waals surface area contributed by atoms with Gasteiger partial charge in [-0.05, 0) is 23.8 Å². The zero-order valence-corrected chi connectivity index (χ0v) is 11.7. The van der Waals surface area contributed by atoms with E-state index in [1.165, 1.54) is 0 Å². The highest BCUT2D eigenvalue weighted by Gasteiger charge is 2.10. The number of halogens is 2. The van der Waals surface area contributed by atoms with Crippen molar-refractivity contribution in [1.29, 1.82) is 0 Å². The predicted molar refractivity (Wildman–Crippen MR) is 72.8 cm³/mol. The number of hydrogen-bond donors (Lipinski definition) is 1. The van der Waals surface area contributed by atoms with E-state index < -0.39 is 0 Å². The SMILES string of the molecule is CN(Cc1cc(Cl)cc(Cl)c1)C(=O)COCCN. The Morgan fingerprint density at radius 1 is 1.33 bits per heavy atom. The Balaban J connectivity index is 2.52. The fraction of sp³-hybridized carbons (Fsp3) is 0.417. The van der Waals surface area contributed by atoms with Gasteiger partial charge in [0.25, 0.3) is 0 Å². The molecule has 0 atom stereocenters. The van der Waals surface area contributed by atoms with E-state index in [1.54, 1.807) is 30.1 Å². The van der Waals surface area contributed by atoms with Crippen LogP contribution in [0, 0.1) is 0 Å². The number of rotatable bonds is 6. The molecule has 0 fully saturated rings. The normalized spacial score (nSPS) is 10.4. The Kier molecular flexibility index (Phi) is 6.43. The first-order chi connectivity index (χ1) is 8.52. The summed E-state index contributed by atoms with van der Waals surface area (Å²) in [5.41, 5.74) is 6.15. The molecule has 0 aliphatic heterocycles. The highest BCUT2D eigenvalue weighted by molar-refractivity contribution is 6.34. The molecule has 1 aromatic carbocycles. The van der Waals surface area contributed by atoms with Gasteiger partial charge in [0.15, 0.2) is 0 Å². The molecule has 0 unspecified atom stereocenters. The van der Waals surface area contributed by atoms with E-state index in [9.17, 15) is 4.79 Å². The van der Waals surface area contributed by atoms with Gasteiger partial charge in [-0.3, -0.25) is 4.79 Å². The van der Waals surface area contributed by atoms with Gasteiger partial charge >= 0.3 is 0 Å². The summed E-state index contributed by atoms with van der Waals surface area (Å²) in [4.78, 5) is 13.2. The number of benzene rings is 1. The van der Waals surface area contributed by atoms with Gasteiger partial charge in [-0.1, -0.05) is 23.2 Å². The van der Waals surface area contributed by atoms with Crippen molar-refractivity contribution in [2.75, 3.05) is 26.8 Å². The topological polar surface area (TPSA) is 55.6 Å². The summed E-state index contributed by atoms with van der Waals surface area (Å²) in [6.07, 6.45) is 0. The third kappa shape index (κ3) is 5.23. The minimum absolute atomic E-state index is 0.0298. The second kappa shape index (κ2) is 7.59. The van der Waals surface area contributed by atoms with Crippen LogP contribution in [-0.2, 0) is 16.1 Å².